The van der Waals surface area contributed by atoms with Crippen LogP contribution in [0.3, 0.4) is 0 Å². The van der Waals surface area contributed by atoms with E-state index in [1.165, 1.54) is 0 Å². The summed E-state index contributed by atoms with van der Waals surface area (Å²) in [5.74, 6) is 0.871. The molecule has 7 heteroatoms. The van der Waals surface area contributed by atoms with Crippen molar-refractivity contribution in [2.24, 2.45) is 0 Å². The maximum absolute atomic E-state index is 11.2. The van der Waals surface area contributed by atoms with Gasteiger partial charge in [0.15, 0.2) is 5.69 Å². The van der Waals surface area contributed by atoms with Crippen LogP contribution in [0.5, 0.6) is 0 Å². The standard InChI is InChI=1S/C25H24Cl2N4O/c1-25(32,19-5-10-22(28-2)11-6-19)17-30-13-14-31(24-12-9-21(27)15-29-24)23(16-30)18-3-7-20(26)8-4-18/h3-12,15,23,32H,13-14,16-17H2,1H3/t23-,25+/m0/s1. The minimum absolute atomic E-state index is 0.0509. The van der Waals surface area contributed by atoms with E-state index < -0.39 is 5.60 Å². The van der Waals surface area contributed by atoms with Gasteiger partial charge in [0.05, 0.1) is 23.2 Å². The lowest BCUT2D eigenvalue weighted by Crippen LogP contribution is -2.52. The number of aliphatic hydroxyl groups is 1. The van der Waals surface area contributed by atoms with E-state index in [9.17, 15) is 5.11 Å². The Balaban J connectivity index is 1.57. The SMILES string of the molecule is [C-]#[N+]c1ccc([C@](C)(O)CN2CCN(c3ccc(Cl)cn3)[C@H](c3ccc(Cl)cc3)C2)cc1. The van der Waals surface area contributed by atoms with E-state index in [0.717, 1.165) is 36.6 Å². The zero-order valence-corrected chi connectivity index (χ0v) is 19.3. The van der Waals surface area contributed by atoms with Crippen LogP contribution in [0.4, 0.5) is 11.5 Å². The average molecular weight is 467 g/mol. The molecule has 1 N–H and O–H groups in total. The Morgan fingerprint density at radius 3 is 2.34 bits per heavy atom. The van der Waals surface area contributed by atoms with Gasteiger partial charge in [-0.15, -0.1) is 0 Å². The van der Waals surface area contributed by atoms with Crippen molar-refractivity contribution >= 4 is 34.7 Å². The van der Waals surface area contributed by atoms with Crippen molar-refractivity contribution in [3.63, 3.8) is 0 Å². The summed E-state index contributed by atoms with van der Waals surface area (Å²) < 4.78 is 0. The lowest BCUT2D eigenvalue weighted by molar-refractivity contribution is 0.0102. The molecular weight excluding hydrogens is 443 g/mol. The maximum Gasteiger partial charge on any atom is 0.187 e. The highest BCUT2D eigenvalue weighted by Crippen LogP contribution is 2.33. The Labute approximate surface area is 198 Å². The number of rotatable bonds is 5. The van der Waals surface area contributed by atoms with Crippen molar-refractivity contribution in [1.82, 2.24) is 9.88 Å². The van der Waals surface area contributed by atoms with E-state index in [2.05, 4.69) is 19.6 Å². The van der Waals surface area contributed by atoms with Gasteiger partial charge in [0.1, 0.15) is 5.82 Å². The molecule has 2 atom stereocenters. The maximum atomic E-state index is 11.2. The summed E-state index contributed by atoms with van der Waals surface area (Å²) in [5, 5.41) is 12.5. The molecule has 0 bridgehead atoms. The summed E-state index contributed by atoms with van der Waals surface area (Å²) in [6.45, 7) is 11.7. The molecule has 5 nitrogen and oxygen atoms in total. The number of hydrogen-bond donors (Lipinski definition) is 1. The first-order chi connectivity index (χ1) is 15.4. The van der Waals surface area contributed by atoms with Gasteiger partial charge in [0.2, 0.25) is 0 Å². The van der Waals surface area contributed by atoms with E-state index in [1.807, 2.05) is 55.5 Å². The van der Waals surface area contributed by atoms with Crippen molar-refractivity contribution in [3.05, 3.63) is 99.4 Å². The van der Waals surface area contributed by atoms with Crippen molar-refractivity contribution in [1.29, 1.82) is 0 Å². The molecule has 1 aliphatic heterocycles. The second kappa shape index (κ2) is 9.48. The van der Waals surface area contributed by atoms with Crippen LogP contribution in [0.15, 0.2) is 66.9 Å². The highest BCUT2D eigenvalue weighted by Gasteiger charge is 2.33. The fourth-order valence-corrected chi connectivity index (χ4v) is 4.42. The van der Waals surface area contributed by atoms with Gasteiger partial charge in [-0.2, -0.15) is 0 Å². The molecule has 0 spiro atoms. The summed E-state index contributed by atoms with van der Waals surface area (Å²) in [4.78, 5) is 12.5. The normalized spacial score (nSPS) is 18.7. The number of anilines is 1. The van der Waals surface area contributed by atoms with E-state index in [1.54, 1.807) is 18.3 Å². The van der Waals surface area contributed by atoms with Gasteiger partial charge in [-0.05, 0) is 42.3 Å². The zero-order valence-electron chi connectivity index (χ0n) is 17.7. The van der Waals surface area contributed by atoms with Crippen molar-refractivity contribution in [3.8, 4) is 0 Å². The fraction of sp³-hybridized carbons (Fsp3) is 0.280. The van der Waals surface area contributed by atoms with Gasteiger partial charge in [0.25, 0.3) is 0 Å². The van der Waals surface area contributed by atoms with E-state index in [-0.39, 0.29) is 6.04 Å². The van der Waals surface area contributed by atoms with Crippen LogP contribution < -0.4 is 4.90 Å². The number of hydrogen-bond acceptors (Lipinski definition) is 4. The van der Waals surface area contributed by atoms with Crippen LogP contribution in [0, 0.1) is 6.57 Å². The smallest absolute Gasteiger partial charge is 0.187 e. The number of piperazine rings is 1. The third-order valence-electron chi connectivity index (χ3n) is 5.88. The Kier molecular flexibility index (Phi) is 6.68. The topological polar surface area (TPSA) is 44.0 Å². The lowest BCUT2D eigenvalue weighted by Gasteiger charge is -2.44. The van der Waals surface area contributed by atoms with Crippen LogP contribution >= 0.6 is 23.2 Å². The Hall–Kier alpha value is -2.62. The second-order valence-corrected chi connectivity index (χ2v) is 9.14. The van der Waals surface area contributed by atoms with Gasteiger partial charge in [0, 0.05) is 37.4 Å². The van der Waals surface area contributed by atoms with Crippen LogP contribution in [-0.2, 0) is 5.60 Å². The molecule has 3 aromatic rings. The van der Waals surface area contributed by atoms with Crippen molar-refractivity contribution < 1.29 is 5.11 Å². The molecule has 0 radical (unpaired) electrons. The van der Waals surface area contributed by atoms with Gasteiger partial charge in [-0.1, -0.05) is 59.6 Å². The summed E-state index contributed by atoms with van der Waals surface area (Å²) in [6, 6.07) is 18.9. The molecule has 0 unspecified atom stereocenters. The number of β-amino-alcohol motifs (C(OH)–C–C–N with tert-alkyl or cyclic N) is 1. The second-order valence-electron chi connectivity index (χ2n) is 8.26. The first-order valence-corrected chi connectivity index (χ1v) is 11.2. The molecule has 1 aliphatic rings. The number of pyridine rings is 1. The zero-order chi connectivity index (χ0) is 22.7. The van der Waals surface area contributed by atoms with Crippen LogP contribution in [0.1, 0.15) is 24.1 Å². The Morgan fingerprint density at radius 1 is 1.03 bits per heavy atom. The van der Waals surface area contributed by atoms with Gasteiger partial charge in [-0.25, -0.2) is 9.83 Å². The summed E-state index contributed by atoms with van der Waals surface area (Å²) in [7, 11) is 0. The predicted octanol–water partition coefficient (Wildman–Crippen LogP) is 5.71. The molecule has 0 saturated carbocycles. The summed E-state index contributed by atoms with van der Waals surface area (Å²) in [5.41, 5.74) is 1.47. The summed E-state index contributed by atoms with van der Waals surface area (Å²) >= 11 is 12.2. The molecule has 2 aromatic carbocycles. The average Bonchev–Trinajstić information content (AvgIpc) is 2.80. The molecule has 1 aromatic heterocycles. The summed E-state index contributed by atoms with van der Waals surface area (Å²) in [6.07, 6.45) is 1.67. The third kappa shape index (κ3) is 5.06. The minimum Gasteiger partial charge on any atom is -0.384 e. The largest absolute Gasteiger partial charge is 0.384 e. The molecule has 0 aliphatic carbocycles. The van der Waals surface area contributed by atoms with Crippen LogP contribution in [0.2, 0.25) is 10.0 Å². The Bertz CT molecular complexity index is 1090. The first kappa shape index (κ1) is 22.6. The quantitative estimate of drug-likeness (QED) is 0.489. The van der Waals surface area contributed by atoms with Crippen LogP contribution in [0.25, 0.3) is 4.85 Å². The minimum atomic E-state index is -1.04. The molecule has 164 valence electrons. The van der Waals surface area contributed by atoms with E-state index in [0.29, 0.717) is 22.3 Å². The Morgan fingerprint density at radius 2 is 1.72 bits per heavy atom. The molecule has 2 heterocycles. The molecule has 32 heavy (non-hydrogen) atoms. The molecular formula is C25H24Cl2N4O. The number of nitrogens with zero attached hydrogens (tertiary/aromatic N) is 4. The number of halogens is 2. The monoisotopic (exact) mass is 466 g/mol. The van der Waals surface area contributed by atoms with Crippen molar-refractivity contribution in [2.75, 3.05) is 31.1 Å². The first-order valence-electron chi connectivity index (χ1n) is 10.4. The lowest BCUT2D eigenvalue weighted by atomic mass is 9.93. The van der Waals surface area contributed by atoms with Gasteiger partial charge >= 0.3 is 0 Å². The molecule has 0 amide bonds. The third-order valence-corrected chi connectivity index (χ3v) is 6.35. The van der Waals surface area contributed by atoms with Crippen LogP contribution in [-0.4, -0.2) is 41.2 Å². The highest BCUT2D eigenvalue weighted by atomic mass is 35.5. The predicted molar refractivity (Wildman–Crippen MR) is 130 cm³/mol. The fourth-order valence-electron chi connectivity index (χ4n) is 4.19. The molecule has 4 rings (SSSR count). The molecule has 1 saturated heterocycles. The van der Waals surface area contributed by atoms with E-state index in [4.69, 9.17) is 29.8 Å². The highest BCUT2D eigenvalue weighted by molar-refractivity contribution is 6.30. The van der Waals surface area contributed by atoms with Crippen molar-refractivity contribution in [2.45, 2.75) is 18.6 Å². The number of benzene rings is 2. The van der Waals surface area contributed by atoms with Gasteiger partial charge in [-0.3, -0.25) is 4.90 Å². The molecule has 1 fully saturated rings. The van der Waals surface area contributed by atoms with Gasteiger partial charge < -0.3 is 10.0 Å². The van der Waals surface area contributed by atoms with E-state index >= 15 is 0 Å². The number of aromatic nitrogens is 1.